The van der Waals surface area contributed by atoms with E-state index in [9.17, 15) is 9.90 Å². The van der Waals surface area contributed by atoms with Crippen LogP contribution in [0.5, 0.6) is 0 Å². The molecule has 1 aromatic rings. The molecule has 1 N–H and O–H groups in total. The van der Waals surface area contributed by atoms with Crippen LogP contribution in [-0.4, -0.2) is 69.8 Å². The van der Waals surface area contributed by atoms with Crippen LogP contribution in [0, 0.1) is 0 Å². The highest BCUT2D eigenvalue weighted by molar-refractivity contribution is 5.76. The average Bonchev–Trinajstić information content (AvgIpc) is 3.04. The van der Waals surface area contributed by atoms with Crippen molar-refractivity contribution in [3.63, 3.8) is 0 Å². The third kappa shape index (κ3) is 4.75. The SMILES string of the molecule is CCC(CO)N1CCN(C(=O)CCc2nnc(C(C)C)o2)CC1. The van der Waals surface area contributed by atoms with Gasteiger partial charge in [-0.15, -0.1) is 10.2 Å². The molecule has 1 aliphatic rings. The van der Waals surface area contributed by atoms with E-state index in [4.69, 9.17) is 4.42 Å². The van der Waals surface area contributed by atoms with Gasteiger partial charge in [0.05, 0.1) is 6.61 Å². The second-order valence-corrected chi connectivity index (χ2v) is 6.35. The number of carbonyl (C=O) groups is 1. The first-order valence-corrected chi connectivity index (χ1v) is 8.50. The molecule has 0 radical (unpaired) electrons. The lowest BCUT2D eigenvalue weighted by Crippen LogP contribution is -2.52. The first-order chi connectivity index (χ1) is 11.0. The summed E-state index contributed by atoms with van der Waals surface area (Å²) in [5.74, 6) is 1.49. The molecule has 23 heavy (non-hydrogen) atoms. The fraction of sp³-hybridized carbons (Fsp3) is 0.812. The van der Waals surface area contributed by atoms with Gasteiger partial charge in [-0.3, -0.25) is 9.69 Å². The Labute approximate surface area is 137 Å². The van der Waals surface area contributed by atoms with Gasteiger partial charge in [-0.05, 0) is 6.42 Å². The van der Waals surface area contributed by atoms with Crippen molar-refractivity contribution < 1.29 is 14.3 Å². The minimum atomic E-state index is 0.131. The van der Waals surface area contributed by atoms with Gasteiger partial charge in [-0.2, -0.15) is 0 Å². The zero-order chi connectivity index (χ0) is 16.8. The van der Waals surface area contributed by atoms with Crippen molar-refractivity contribution in [1.29, 1.82) is 0 Å². The Bertz CT molecular complexity index is 491. The second-order valence-electron chi connectivity index (χ2n) is 6.35. The Hall–Kier alpha value is -1.47. The van der Waals surface area contributed by atoms with E-state index in [-0.39, 0.29) is 24.5 Å². The van der Waals surface area contributed by atoms with Gasteiger partial charge in [0.2, 0.25) is 17.7 Å². The van der Waals surface area contributed by atoms with Crippen molar-refractivity contribution in [3.05, 3.63) is 11.8 Å². The molecule has 0 aliphatic carbocycles. The molecule has 130 valence electrons. The molecule has 0 saturated carbocycles. The molecule has 0 aromatic carbocycles. The van der Waals surface area contributed by atoms with Crippen LogP contribution >= 0.6 is 0 Å². The first kappa shape index (κ1) is 17.9. The van der Waals surface area contributed by atoms with E-state index in [2.05, 4.69) is 22.0 Å². The first-order valence-electron chi connectivity index (χ1n) is 8.50. The molecule has 7 nitrogen and oxygen atoms in total. The Kier molecular flexibility index (Phi) is 6.53. The summed E-state index contributed by atoms with van der Waals surface area (Å²) in [5, 5.41) is 17.3. The predicted molar refractivity (Wildman–Crippen MR) is 86.0 cm³/mol. The predicted octanol–water partition coefficient (Wildman–Crippen LogP) is 1.04. The third-order valence-corrected chi connectivity index (χ3v) is 4.39. The minimum absolute atomic E-state index is 0.131. The Morgan fingerprint density at radius 3 is 2.48 bits per heavy atom. The topological polar surface area (TPSA) is 82.7 Å². The largest absolute Gasteiger partial charge is 0.425 e. The number of nitrogens with zero attached hydrogens (tertiary/aromatic N) is 4. The summed E-state index contributed by atoms with van der Waals surface area (Å²) in [7, 11) is 0. The van der Waals surface area contributed by atoms with Crippen LogP contribution in [0.2, 0.25) is 0 Å². The number of aryl methyl sites for hydroxylation is 1. The number of aliphatic hydroxyl groups excluding tert-OH is 1. The highest BCUT2D eigenvalue weighted by Crippen LogP contribution is 2.14. The average molecular weight is 324 g/mol. The molecule has 1 fully saturated rings. The number of carbonyl (C=O) groups excluding carboxylic acids is 1. The smallest absolute Gasteiger partial charge is 0.223 e. The van der Waals surface area contributed by atoms with E-state index in [1.807, 2.05) is 18.7 Å². The van der Waals surface area contributed by atoms with E-state index in [1.165, 1.54) is 0 Å². The number of aliphatic hydroxyl groups is 1. The van der Waals surface area contributed by atoms with Crippen LogP contribution in [0.25, 0.3) is 0 Å². The molecule has 1 aromatic heterocycles. The summed E-state index contributed by atoms with van der Waals surface area (Å²) >= 11 is 0. The molecule has 1 amide bonds. The van der Waals surface area contributed by atoms with Gasteiger partial charge in [0, 0.05) is 51.0 Å². The highest BCUT2D eigenvalue weighted by Gasteiger charge is 2.25. The van der Waals surface area contributed by atoms with E-state index >= 15 is 0 Å². The summed E-state index contributed by atoms with van der Waals surface area (Å²) in [6.07, 6.45) is 1.82. The van der Waals surface area contributed by atoms with E-state index < -0.39 is 0 Å². The van der Waals surface area contributed by atoms with Gasteiger partial charge >= 0.3 is 0 Å². The summed E-state index contributed by atoms with van der Waals surface area (Å²) < 4.78 is 5.53. The molecular weight excluding hydrogens is 296 g/mol. The molecule has 0 bridgehead atoms. The fourth-order valence-electron chi connectivity index (χ4n) is 2.81. The standard InChI is InChI=1S/C16H28N4O3/c1-4-13(11-21)19-7-9-20(10-8-19)15(22)6-5-14-17-18-16(23-14)12(2)3/h12-13,21H,4-11H2,1-3H3. The van der Waals surface area contributed by atoms with Gasteiger partial charge in [-0.1, -0.05) is 20.8 Å². The number of hydrogen-bond donors (Lipinski definition) is 1. The molecule has 1 unspecified atom stereocenters. The maximum Gasteiger partial charge on any atom is 0.223 e. The second kappa shape index (κ2) is 8.40. The highest BCUT2D eigenvalue weighted by atomic mass is 16.4. The number of amides is 1. The van der Waals surface area contributed by atoms with Gasteiger partial charge in [0.25, 0.3) is 0 Å². The molecule has 2 rings (SSSR count). The quantitative estimate of drug-likeness (QED) is 0.807. The molecule has 2 heterocycles. The summed E-state index contributed by atoms with van der Waals surface area (Å²) in [4.78, 5) is 16.4. The van der Waals surface area contributed by atoms with Crippen molar-refractivity contribution in [2.75, 3.05) is 32.8 Å². The van der Waals surface area contributed by atoms with Gasteiger partial charge in [0.1, 0.15) is 0 Å². The lowest BCUT2D eigenvalue weighted by atomic mass is 10.1. The Morgan fingerprint density at radius 2 is 1.96 bits per heavy atom. The fourth-order valence-corrected chi connectivity index (χ4v) is 2.81. The van der Waals surface area contributed by atoms with E-state index in [0.717, 1.165) is 32.6 Å². The molecule has 7 heteroatoms. The van der Waals surface area contributed by atoms with Crippen LogP contribution < -0.4 is 0 Å². The van der Waals surface area contributed by atoms with Gasteiger partial charge < -0.3 is 14.4 Å². The normalized spacial score (nSPS) is 17.7. The number of piperazine rings is 1. The van der Waals surface area contributed by atoms with Crippen molar-refractivity contribution in [1.82, 2.24) is 20.0 Å². The maximum atomic E-state index is 12.3. The van der Waals surface area contributed by atoms with E-state index in [0.29, 0.717) is 24.6 Å². The van der Waals surface area contributed by atoms with Crippen LogP contribution in [-0.2, 0) is 11.2 Å². The minimum Gasteiger partial charge on any atom is -0.425 e. The van der Waals surface area contributed by atoms with Gasteiger partial charge in [0.15, 0.2) is 0 Å². The van der Waals surface area contributed by atoms with Crippen molar-refractivity contribution in [3.8, 4) is 0 Å². The Balaban J connectivity index is 1.76. The Morgan fingerprint density at radius 1 is 1.26 bits per heavy atom. The molecule has 1 aliphatic heterocycles. The van der Waals surface area contributed by atoms with Crippen LogP contribution in [0.1, 0.15) is 51.3 Å². The van der Waals surface area contributed by atoms with Gasteiger partial charge in [-0.25, -0.2) is 0 Å². The van der Waals surface area contributed by atoms with Crippen LogP contribution in [0.4, 0.5) is 0 Å². The lowest BCUT2D eigenvalue weighted by Gasteiger charge is -2.38. The number of rotatable bonds is 7. The van der Waals surface area contributed by atoms with Crippen molar-refractivity contribution in [2.45, 2.75) is 52.0 Å². The summed E-state index contributed by atoms with van der Waals surface area (Å²) in [5.41, 5.74) is 0. The zero-order valence-corrected chi connectivity index (χ0v) is 14.4. The van der Waals surface area contributed by atoms with E-state index in [1.54, 1.807) is 0 Å². The molecule has 0 spiro atoms. The van der Waals surface area contributed by atoms with Crippen molar-refractivity contribution >= 4 is 5.91 Å². The number of aromatic nitrogens is 2. The molecule has 1 saturated heterocycles. The van der Waals surface area contributed by atoms with Crippen LogP contribution in [0.15, 0.2) is 4.42 Å². The summed E-state index contributed by atoms with van der Waals surface area (Å²) in [6, 6.07) is 0.208. The van der Waals surface area contributed by atoms with Crippen molar-refractivity contribution in [2.24, 2.45) is 0 Å². The van der Waals surface area contributed by atoms with Crippen LogP contribution in [0.3, 0.4) is 0 Å². The number of hydrogen-bond acceptors (Lipinski definition) is 6. The molecular formula is C16H28N4O3. The zero-order valence-electron chi connectivity index (χ0n) is 14.4. The third-order valence-electron chi connectivity index (χ3n) is 4.39. The maximum absolute atomic E-state index is 12.3. The summed E-state index contributed by atoms with van der Waals surface area (Å²) in [6.45, 7) is 9.34. The molecule has 1 atom stereocenters. The lowest BCUT2D eigenvalue weighted by molar-refractivity contribution is -0.133. The monoisotopic (exact) mass is 324 g/mol.